The second kappa shape index (κ2) is 13.1. The molecule has 21 heavy (non-hydrogen) atoms. The van der Waals surface area contributed by atoms with Crippen molar-refractivity contribution in [1.29, 1.82) is 0 Å². The maximum atomic E-state index is 2.39. The van der Waals surface area contributed by atoms with Crippen LogP contribution in [-0.2, 0) is 0 Å². The van der Waals surface area contributed by atoms with Gasteiger partial charge in [0.25, 0.3) is 0 Å². The topological polar surface area (TPSA) is 0 Å². The van der Waals surface area contributed by atoms with Crippen molar-refractivity contribution in [2.24, 2.45) is 11.8 Å². The van der Waals surface area contributed by atoms with Crippen molar-refractivity contribution in [3.05, 3.63) is 0 Å². The standard InChI is InChI=1S/C14H29.C6H11.Ga/c1-5-9-13(4)11-8-12-14(7-3)10-6-2;1-2-4-6-5-3-1;/h13-14H,4-12H2,1-3H3;1H,2-6H2;. The molecule has 1 radical (unpaired) electrons. The van der Waals surface area contributed by atoms with Crippen LogP contribution >= 0.6 is 0 Å². The van der Waals surface area contributed by atoms with Gasteiger partial charge in [0.2, 0.25) is 0 Å². The molecule has 1 aliphatic rings. The zero-order valence-corrected chi connectivity index (χ0v) is 17.6. The van der Waals surface area contributed by atoms with Crippen molar-refractivity contribution in [1.82, 2.24) is 0 Å². The molecule has 0 amide bonds. The summed E-state index contributed by atoms with van der Waals surface area (Å²) in [5, 5.41) is 0. The molecule has 0 aliphatic heterocycles. The van der Waals surface area contributed by atoms with Gasteiger partial charge < -0.3 is 0 Å². The second-order valence-corrected chi connectivity index (χ2v) is 11.5. The van der Waals surface area contributed by atoms with Crippen molar-refractivity contribution in [2.45, 2.75) is 114 Å². The summed E-state index contributed by atoms with van der Waals surface area (Å²) < 4.78 is 1.24. The van der Waals surface area contributed by atoms with Crippen LogP contribution in [-0.4, -0.2) is 17.4 Å². The molecule has 0 N–H and O–H groups in total. The van der Waals surface area contributed by atoms with E-state index in [-0.39, 0.29) is 17.4 Å². The van der Waals surface area contributed by atoms with Crippen molar-refractivity contribution in [2.75, 3.05) is 0 Å². The Morgan fingerprint density at radius 3 is 2.05 bits per heavy atom. The van der Waals surface area contributed by atoms with E-state index in [2.05, 4.69) is 20.8 Å². The van der Waals surface area contributed by atoms with Crippen molar-refractivity contribution in [3.63, 3.8) is 0 Å². The van der Waals surface area contributed by atoms with Gasteiger partial charge in [0.15, 0.2) is 0 Å². The molecule has 1 aliphatic carbocycles. The van der Waals surface area contributed by atoms with Crippen LogP contribution in [0.4, 0.5) is 0 Å². The predicted octanol–water partition coefficient (Wildman–Crippen LogP) is 7.27. The molecule has 1 fully saturated rings. The summed E-state index contributed by atoms with van der Waals surface area (Å²) in [6.07, 6.45) is 19.6. The van der Waals surface area contributed by atoms with Crippen LogP contribution in [0.25, 0.3) is 0 Å². The Morgan fingerprint density at radius 1 is 0.810 bits per heavy atom. The van der Waals surface area contributed by atoms with E-state index in [4.69, 9.17) is 0 Å². The fourth-order valence-corrected chi connectivity index (χ4v) is 8.78. The number of hydrogen-bond donors (Lipinski definition) is 0. The monoisotopic (exact) mass is 349 g/mol. The van der Waals surface area contributed by atoms with Gasteiger partial charge in [0.1, 0.15) is 0 Å². The molecule has 1 saturated carbocycles. The van der Waals surface area contributed by atoms with E-state index >= 15 is 0 Å². The van der Waals surface area contributed by atoms with Crippen LogP contribution in [0.1, 0.15) is 104 Å². The average molecular weight is 350 g/mol. The van der Waals surface area contributed by atoms with Crippen molar-refractivity contribution < 1.29 is 0 Å². The van der Waals surface area contributed by atoms with E-state index in [9.17, 15) is 0 Å². The normalized spacial score (nSPS) is 19.4. The first-order chi connectivity index (χ1) is 10.3. The number of rotatable bonds is 12. The zero-order valence-electron chi connectivity index (χ0n) is 15.2. The van der Waals surface area contributed by atoms with E-state index in [1.807, 2.05) is 0 Å². The van der Waals surface area contributed by atoms with Crippen molar-refractivity contribution >= 4 is 17.4 Å². The van der Waals surface area contributed by atoms with Crippen LogP contribution in [0.5, 0.6) is 0 Å². The van der Waals surface area contributed by atoms with Crippen LogP contribution in [0.2, 0.25) is 9.45 Å². The Hall–Kier alpha value is 0.636. The van der Waals surface area contributed by atoms with Gasteiger partial charge in [-0.2, -0.15) is 0 Å². The summed E-state index contributed by atoms with van der Waals surface area (Å²) in [6.45, 7) is 7.13. The third kappa shape index (κ3) is 9.38. The number of hydrogen-bond acceptors (Lipinski definition) is 0. The maximum absolute atomic E-state index is 2.39. The van der Waals surface area contributed by atoms with E-state index in [1.54, 1.807) is 37.1 Å². The van der Waals surface area contributed by atoms with Gasteiger partial charge in [-0.3, -0.25) is 0 Å². The van der Waals surface area contributed by atoms with Crippen LogP contribution in [0.3, 0.4) is 0 Å². The molecular formula is C20H40Ga. The molecule has 0 aromatic rings. The summed E-state index contributed by atoms with van der Waals surface area (Å²) in [5.74, 6) is 2.13. The minimum atomic E-state index is 0.0728. The van der Waals surface area contributed by atoms with Crippen LogP contribution in [0, 0.1) is 11.8 Å². The first kappa shape index (κ1) is 19.7. The molecule has 0 saturated heterocycles. The zero-order chi connectivity index (χ0) is 15.3. The molecule has 0 aromatic carbocycles. The van der Waals surface area contributed by atoms with Crippen molar-refractivity contribution in [3.8, 4) is 0 Å². The van der Waals surface area contributed by atoms with Gasteiger partial charge in [-0.25, -0.2) is 0 Å². The van der Waals surface area contributed by atoms with Crippen LogP contribution < -0.4 is 0 Å². The van der Waals surface area contributed by atoms with Gasteiger partial charge in [-0.1, -0.05) is 0 Å². The van der Waals surface area contributed by atoms with Crippen LogP contribution in [0.15, 0.2) is 0 Å². The quantitative estimate of drug-likeness (QED) is 0.325. The fourth-order valence-electron chi connectivity index (χ4n) is 4.20. The Balaban J connectivity index is 2.18. The van der Waals surface area contributed by atoms with Gasteiger partial charge >= 0.3 is 143 Å². The van der Waals surface area contributed by atoms with Gasteiger partial charge in [0.05, 0.1) is 0 Å². The summed E-state index contributed by atoms with van der Waals surface area (Å²) in [5.41, 5.74) is 0. The van der Waals surface area contributed by atoms with E-state index in [0.717, 1.165) is 11.8 Å². The molecule has 1 heteroatoms. The molecule has 0 bridgehead atoms. The summed E-state index contributed by atoms with van der Waals surface area (Å²) in [7, 11) is 0. The molecule has 0 heterocycles. The third-order valence-electron chi connectivity index (χ3n) is 5.65. The fraction of sp³-hybridized carbons (Fsp3) is 1.00. The first-order valence-electron chi connectivity index (χ1n) is 10.1. The first-order valence-corrected chi connectivity index (χ1v) is 13.2. The Bertz CT molecular complexity index is 220. The summed E-state index contributed by atoms with van der Waals surface area (Å²) in [4.78, 5) is 1.69. The second-order valence-electron chi connectivity index (χ2n) is 7.52. The Kier molecular flexibility index (Phi) is 12.3. The molecule has 0 spiro atoms. The van der Waals surface area contributed by atoms with Gasteiger partial charge in [-0.15, -0.1) is 0 Å². The van der Waals surface area contributed by atoms with Gasteiger partial charge in [-0.05, 0) is 0 Å². The minimum absolute atomic E-state index is 0.0728. The molecule has 1 rings (SSSR count). The molecule has 0 aromatic heterocycles. The third-order valence-corrected chi connectivity index (χ3v) is 10.4. The molecule has 2 unspecified atom stereocenters. The molecular weight excluding hydrogens is 310 g/mol. The summed E-state index contributed by atoms with van der Waals surface area (Å²) in [6, 6.07) is 0. The SMILES string of the molecule is CCCC(CC)CCCC(CCC)[CH2][Ga][CH]1CCCCC1. The van der Waals surface area contributed by atoms with E-state index in [1.165, 1.54) is 55.8 Å². The molecule has 123 valence electrons. The predicted molar refractivity (Wildman–Crippen MR) is 98.3 cm³/mol. The molecule has 2 atom stereocenters. The van der Waals surface area contributed by atoms with E-state index in [0.29, 0.717) is 0 Å². The average Bonchev–Trinajstić information content (AvgIpc) is 2.52. The summed E-state index contributed by atoms with van der Waals surface area (Å²) >= 11 is 0.0728. The Labute approximate surface area is 143 Å². The molecule has 0 nitrogen and oxygen atoms in total. The Morgan fingerprint density at radius 2 is 1.43 bits per heavy atom. The van der Waals surface area contributed by atoms with E-state index < -0.39 is 0 Å². The van der Waals surface area contributed by atoms with Gasteiger partial charge in [0, 0.05) is 0 Å².